The van der Waals surface area contributed by atoms with Gasteiger partial charge in [-0.25, -0.2) is 0 Å². The van der Waals surface area contributed by atoms with Crippen molar-refractivity contribution in [2.24, 2.45) is 11.3 Å². The van der Waals surface area contributed by atoms with Crippen molar-refractivity contribution in [3.63, 3.8) is 0 Å². The first-order valence-electron chi connectivity index (χ1n) is 11.4. The van der Waals surface area contributed by atoms with Crippen LogP contribution in [-0.4, -0.2) is 24.8 Å². The van der Waals surface area contributed by atoms with Crippen molar-refractivity contribution < 1.29 is 5.11 Å². The van der Waals surface area contributed by atoms with Crippen molar-refractivity contribution in [1.82, 2.24) is 5.32 Å². The third-order valence-corrected chi connectivity index (χ3v) is 5.53. The number of aliphatic hydroxyl groups is 1. The third-order valence-electron chi connectivity index (χ3n) is 5.53. The van der Waals surface area contributed by atoms with Crippen LogP contribution in [-0.2, 0) is 6.42 Å². The summed E-state index contributed by atoms with van der Waals surface area (Å²) >= 11 is 0. The molecule has 164 valence electrons. The molecule has 0 aliphatic heterocycles. The molecule has 0 saturated heterocycles. The first kappa shape index (κ1) is 27.4. The number of rotatable bonds is 7. The van der Waals surface area contributed by atoms with E-state index in [2.05, 4.69) is 67.4 Å². The maximum atomic E-state index is 10.3. The summed E-state index contributed by atoms with van der Waals surface area (Å²) in [6.07, 6.45) is 9.92. The average Bonchev–Trinajstić information content (AvgIpc) is 2.74. The van der Waals surface area contributed by atoms with Gasteiger partial charge in [0, 0.05) is 5.41 Å². The topological polar surface area (TPSA) is 32.3 Å². The van der Waals surface area contributed by atoms with E-state index >= 15 is 0 Å². The molecule has 3 unspecified atom stereocenters. The Morgan fingerprint density at radius 2 is 1.83 bits per heavy atom. The largest absolute Gasteiger partial charge is 0.393 e. The van der Waals surface area contributed by atoms with Gasteiger partial charge in [-0.05, 0) is 70.2 Å². The molecule has 2 N–H and O–H groups in total. The number of allylic oxidation sites excluding steroid dienone is 5. The summed E-state index contributed by atoms with van der Waals surface area (Å²) in [6, 6.07) is 10.7. The van der Waals surface area contributed by atoms with Gasteiger partial charge in [0.25, 0.3) is 0 Å². The van der Waals surface area contributed by atoms with Crippen molar-refractivity contribution in [3.8, 4) is 0 Å². The molecular weight excluding hydrogens is 354 g/mol. The minimum absolute atomic E-state index is 0.00887. The maximum absolute atomic E-state index is 10.3. The molecule has 1 aromatic carbocycles. The van der Waals surface area contributed by atoms with E-state index in [0.29, 0.717) is 5.92 Å². The quantitative estimate of drug-likeness (QED) is 0.498. The van der Waals surface area contributed by atoms with Gasteiger partial charge in [0.2, 0.25) is 0 Å². The molecular formula is C27H45NO. The van der Waals surface area contributed by atoms with E-state index in [0.717, 1.165) is 37.8 Å². The van der Waals surface area contributed by atoms with Crippen molar-refractivity contribution in [3.05, 3.63) is 71.8 Å². The molecule has 29 heavy (non-hydrogen) atoms. The van der Waals surface area contributed by atoms with Gasteiger partial charge in [-0.15, -0.1) is 0 Å². The van der Waals surface area contributed by atoms with E-state index in [1.54, 1.807) is 0 Å². The standard InChI is InChI=1S/C23H33NO.2C2H6/c1-5-6-12-22(18(2)3)23(16-19-10-8-7-9-11-19)14-13-21(25)15-20(23)17-24-4;2*1-2/h5-12,20-21,24-25H,2,13-17H2,1,3-4H3;2*1-2H3/b6-5-,22-12+;;. The van der Waals surface area contributed by atoms with Gasteiger partial charge in [0.15, 0.2) is 0 Å². The Balaban J connectivity index is 0.00000184. The van der Waals surface area contributed by atoms with E-state index in [1.807, 2.05) is 41.7 Å². The van der Waals surface area contributed by atoms with Crippen LogP contribution >= 0.6 is 0 Å². The van der Waals surface area contributed by atoms with Crippen LogP contribution in [0.25, 0.3) is 0 Å². The molecule has 0 spiro atoms. The Labute approximate surface area is 180 Å². The number of benzene rings is 1. The minimum atomic E-state index is -0.199. The zero-order valence-corrected chi connectivity index (χ0v) is 20.0. The van der Waals surface area contributed by atoms with E-state index < -0.39 is 0 Å². The highest BCUT2D eigenvalue weighted by Gasteiger charge is 2.45. The first-order chi connectivity index (χ1) is 14.0. The van der Waals surface area contributed by atoms with E-state index in [9.17, 15) is 5.11 Å². The van der Waals surface area contributed by atoms with Gasteiger partial charge in [-0.1, -0.05) is 88.4 Å². The highest BCUT2D eigenvalue weighted by Crippen LogP contribution is 2.51. The Bertz CT molecular complexity index is 617. The fourth-order valence-corrected chi connectivity index (χ4v) is 4.39. The summed E-state index contributed by atoms with van der Waals surface area (Å²) in [4.78, 5) is 0. The van der Waals surface area contributed by atoms with Crippen LogP contribution in [0.1, 0.15) is 66.4 Å². The monoisotopic (exact) mass is 399 g/mol. The SMILES string of the molecule is C=C(C)/C(=C\C=C/C)C1(Cc2ccccc2)CCC(O)CC1CNC.CC.CC. The van der Waals surface area contributed by atoms with Gasteiger partial charge >= 0.3 is 0 Å². The van der Waals surface area contributed by atoms with E-state index in [1.165, 1.54) is 11.1 Å². The highest BCUT2D eigenvalue weighted by atomic mass is 16.3. The number of aliphatic hydroxyl groups excluding tert-OH is 1. The summed E-state index contributed by atoms with van der Waals surface area (Å²) in [5, 5.41) is 13.7. The number of nitrogens with one attached hydrogen (secondary N) is 1. The van der Waals surface area contributed by atoms with Crippen molar-refractivity contribution in [2.75, 3.05) is 13.6 Å². The fourth-order valence-electron chi connectivity index (χ4n) is 4.39. The molecule has 2 nitrogen and oxygen atoms in total. The zero-order valence-electron chi connectivity index (χ0n) is 20.0. The third kappa shape index (κ3) is 7.95. The Hall–Kier alpha value is -1.64. The lowest BCUT2D eigenvalue weighted by atomic mass is 9.57. The molecule has 0 bridgehead atoms. The fraction of sp³-hybridized carbons (Fsp3) is 0.556. The molecule has 1 aliphatic rings. The maximum Gasteiger partial charge on any atom is 0.0544 e. The predicted octanol–water partition coefficient (Wildman–Crippen LogP) is 6.73. The Kier molecular flexibility index (Phi) is 14.4. The summed E-state index contributed by atoms with van der Waals surface area (Å²) in [5.74, 6) is 0.384. The summed E-state index contributed by atoms with van der Waals surface area (Å²) < 4.78 is 0. The molecule has 0 radical (unpaired) electrons. The molecule has 0 heterocycles. The van der Waals surface area contributed by atoms with Crippen molar-refractivity contribution >= 4 is 0 Å². The van der Waals surface area contributed by atoms with Crippen LogP contribution in [0.15, 0.2) is 66.3 Å². The predicted molar refractivity (Wildman–Crippen MR) is 130 cm³/mol. The summed E-state index contributed by atoms with van der Waals surface area (Å²) in [6.45, 7) is 17.4. The van der Waals surface area contributed by atoms with Crippen LogP contribution in [0.5, 0.6) is 0 Å². The number of hydrogen-bond donors (Lipinski definition) is 2. The van der Waals surface area contributed by atoms with Gasteiger partial charge in [0.1, 0.15) is 0 Å². The molecule has 0 amide bonds. The molecule has 1 saturated carbocycles. The Morgan fingerprint density at radius 1 is 1.21 bits per heavy atom. The lowest BCUT2D eigenvalue weighted by Crippen LogP contribution is -2.45. The molecule has 1 fully saturated rings. The summed E-state index contributed by atoms with van der Waals surface area (Å²) in [5.41, 5.74) is 3.83. The van der Waals surface area contributed by atoms with Gasteiger partial charge < -0.3 is 10.4 Å². The molecule has 1 aliphatic carbocycles. The van der Waals surface area contributed by atoms with Crippen LogP contribution < -0.4 is 5.32 Å². The van der Waals surface area contributed by atoms with Crippen molar-refractivity contribution in [1.29, 1.82) is 0 Å². The van der Waals surface area contributed by atoms with Crippen LogP contribution in [0.4, 0.5) is 0 Å². The molecule has 2 heteroatoms. The van der Waals surface area contributed by atoms with Gasteiger partial charge in [0.05, 0.1) is 6.10 Å². The van der Waals surface area contributed by atoms with Gasteiger partial charge in [-0.2, -0.15) is 0 Å². The van der Waals surface area contributed by atoms with Crippen LogP contribution in [0, 0.1) is 11.3 Å². The number of hydrogen-bond acceptors (Lipinski definition) is 2. The van der Waals surface area contributed by atoms with Crippen LogP contribution in [0.3, 0.4) is 0 Å². The smallest absolute Gasteiger partial charge is 0.0544 e. The second kappa shape index (κ2) is 15.2. The molecule has 2 rings (SSSR count). The normalized spacial score (nSPS) is 24.2. The van der Waals surface area contributed by atoms with Gasteiger partial charge in [-0.3, -0.25) is 0 Å². The lowest BCUT2D eigenvalue weighted by Gasteiger charge is -2.48. The summed E-state index contributed by atoms with van der Waals surface area (Å²) in [7, 11) is 2.00. The highest BCUT2D eigenvalue weighted by molar-refractivity contribution is 5.39. The molecule has 1 aromatic rings. The second-order valence-corrected chi connectivity index (χ2v) is 7.39. The zero-order chi connectivity index (χ0) is 22.3. The second-order valence-electron chi connectivity index (χ2n) is 7.39. The lowest BCUT2D eigenvalue weighted by molar-refractivity contribution is 0.0302. The average molecular weight is 400 g/mol. The minimum Gasteiger partial charge on any atom is -0.393 e. The van der Waals surface area contributed by atoms with Crippen LogP contribution in [0.2, 0.25) is 0 Å². The van der Waals surface area contributed by atoms with E-state index in [-0.39, 0.29) is 11.5 Å². The van der Waals surface area contributed by atoms with Crippen molar-refractivity contribution in [2.45, 2.75) is 73.3 Å². The molecule has 0 aromatic heterocycles. The van der Waals surface area contributed by atoms with E-state index in [4.69, 9.17) is 0 Å². The first-order valence-corrected chi connectivity index (χ1v) is 11.4. The molecule has 3 atom stereocenters. The Morgan fingerprint density at radius 3 is 2.34 bits per heavy atom.